The summed E-state index contributed by atoms with van der Waals surface area (Å²) in [5.41, 5.74) is 4.10. The summed E-state index contributed by atoms with van der Waals surface area (Å²) in [6, 6.07) is 6.65. The van der Waals surface area contributed by atoms with E-state index in [-0.39, 0.29) is 5.56 Å². The quantitative estimate of drug-likeness (QED) is 0.818. The number of nitrogens with zero attached hydrogens (tertiary/aromatic N) is 1. The molecule has 25 heavy (non-hydrogen) atoms. The molecule has 0 bridgehead atoms. The Morgan fingerprint density at radius 3 is 2.60 bits per heavy atom. The number of aryl methyl sites for hydroxylation is 2. The van der Waals surface area contributed by atoms with Gasteiger partial charge in [-0.25, -0.2) is 0 Å². The van der Waals surface area contributed by atoms with E-state index < -0.39 is 0 Å². The third kappa shape index (κ3) is 3.87. The van der Waals surface area contributed by atoms with Crippen LogP contribution in [0.25, 0.3) is 10.9 Å². The maximum absolute atomic E-state index is 12.6. The van der Waals surface area contributed by atoms with Crippen molar-refractivity contribution in [2.45, 2.75) is 59.0 Å². The summed E-state index contributed by atoms with van der Waals surface area (Å²) in [4.78, 5) is 17.9. The third-order valence-corrected chi connectivity index (χ3v) is 5.61. The SMILES string of the molecule is CCNC(=S)N(Cc1cc2cc(C)c(C)cc2[nH]c1=O)C1CCCC1. The van der Waals surface area contributed by atoms with Gasteiger partial charge in [0.25, 0.3) is 5.56 Å². The van der Waals surface area contributed by atoms with Crippen molar-refractivity contribution in [3.8, 4) is 0 Å². The predicted octanol–water partition coefficient (Wildman–Crippen LogP) is 3.78. The smallest absolute Gasteiger partial charge is 0.253 e. The van der Waals surface area contributed by atoms with Crippen LogP contribution < -0.4 is 10.9 Å². The van der Waals surface area contributed by atoms with Crippen molar-refractivity contribution in [3.05, 3.63) is 45.2 Å². The van der Waals surface area contributed by atoms with Gasteiger partial charge in [-0.05, 0) is 80.5 Å². The van der Waals surface area contributed by atoms with Crippen LogP contribution in [0.1, 0.15) is 49.3 Å². The highest BCUT2D eigenvalue weighted by Gasteiger charge is 2.25. The summed E-state index contributed by atoms with van der Waals surface area (Å²) >= 11 is 5.59. The summed E-state index contributed by atoms with van der Waals surface area (Å²) in [6.45, 7) is 7.58. The second kappa shape index (κ2) is 7.56. The Kier molecular flexibility index (Phi) is 5.42. The number of thiocarbonyl (C=S) groups is 1. The number of hydrogen-bond acceptors (Lipinski definition) is 2. The number of nitrogens with one attached hydrogen (secondary N) is 2. The summed E-state index contributed by atoms with van der Waals surface area (Å²) in [6.07, 6.45) is 4.77. The van der Waals surface area contributed by atoms with Crippen molar-refractivity contribution < 1.29 is 0 Å². The van der Waals surface area contributed by atoms with E-state index in [4.69, 9.17) is 12.2 Å². The number of rotatable bonds is 4. The van der Waals surface area contributed by atoms with Crippen LogP contribution in [0.4, 0.5) is 0 Å². The average molecular weight is 358 g/mol. The number of hydrogen-bond donors (Lipinski definition) is 2. The van der Waals surface area contributed by atoms with Gasteiger partial charge in [-0.1, -0.05) is 12.8 Å². The molecule has 3 rings (SSSR count). The number of pyridine rings is 1. The Morgan fingerprint density at radius 1 is 1.24 bits per heavy atom. The van der Waals surface area contributed by atoms with Crippen LogP contribution in [0.15, 0.2) is 23.0 Å². The highest BCUT2D eigenvalue weighted by atomic mass is 32.1. The molecule has 1 aliphatic rings. The summed E-state index contributed by atoms with van der Waals surface area (Å²) in [7, 11) is 0. The van der Waals surface area contributed by atoms with Gasteiger partial charge in [0, 0.05) is 23.7 Å². The number of H-pyrrole nitrogens is 1. The zero-order valence-electron chi connectivity index (χ0n) is 15.3. The molecular weight excluding hydrogens is 330 g/mol. The molecule has 1 saturated carbocycles. The lowest BCUT2D eigenvalue weighted by atomic mass is 10.0. The molecular formula is C20H27N3OS. The van der Waals surface area contributed by atoms with Crippen molar-refractivity contribution in [2.24, 2.45) is 0 Å². The van der Waals surface area contributed by atoms with Gasteiger partial charge in [-0.15, -0.1) is 0 Å². The third-order valence-electron chi connectivity index (χ3n) is 5.23. The first kappa shape index (κ1) is 17.9. The molecule has 4 nitrogen and oxygen atoms in total. The highest BCUT2D eigenvalue weighted by molar-refractivity contribution is 7.80. The summed E-state index contributed by atoms with van der Waals surface area (Å²) in [5, 5.41) is 5.10. The van der Waals surface area contributed by atoms with Crippen LogP contribution in [0, 0.1) is 13.8 Å². The average Bonchev–Trinajstić information content (AvgIpc) is 3.09. The molecule has 2 N–H and O–H groups in total. The van der Waals surface area contributed by atoms with E-state index in [0.717, 1.165) is 41.0 Å². The molecule has 2 aromatic rings. The number of fused-ring (bicyclic) bond motifs is 1. The molecule has 1 fully saturated rings. The van der Waals surface area contributed by atoms with Crippen LogP contribution >= 0.6 is 12.2 Å². The van der Waals surface area contributed by atoms with Crippen molar-refractivity contribution >= 4 is 28.2 Å². The number of aromatic nitrogens is 1. The van der Waals surface area contributed by atoms with Crippen LogP contribution in [0.5, 0.6) is 0 Å². The normalized spacial score (nSPS) is 14.8. The van der Waals surface area contributed by atoms with Gasteiger partial charge < -0.3 is 15.2 Å². The fraction of sp³-hybridized carbons (Fsp3) is 0.500. The molecule has 0 saturated heterocycles. The van der Waals surface area contributed by atoms with Crippen molar-refractivity contribution in [1.82, 2.24) is 15.2 Å². The minimum Gasteiger partial charge on any atom is -0.363 e. The van der Waals surface area contributed by atoms with E-state index in [1.54, 1.807) is 0 Å². The Balaban J connectivity index is 1.95. The lowest BCUT2D eigenvalue weighted by molar-refractivity contribution is 0.303. The first-order chi connectivity index (χ1) is 12.0. The van der Waals surface area contributed by atoms with Gasteiger partial charge in [0.2, 0.25) is 0 Å². The molecule has 0 amide bonds. The fourth-order valence-corrected chi connectivity index (χ4v) is 4.02. The standard InChI is InChI=1S/C20H27N3OS/c1-4-21-20(25)23(17-7-5-6-8-17)12-16-11-15-9-13(2)14(3)10-18(15)22-19(16)24/h9-11,17H,4-8,12H2,1-3H3,(H,21,25)(H,22,24). The fourth-order valence-electron chi connectivity index (χ4n) is 3.66. The first-order valence-electron chi connectivity index (χ1n) is 9.17. The van der Waals surface area contributed by atoms with Crippen molar-refractivity contribution in [3.63, 3.8) is 0 Å². The topological polar surface area (TPSA) is 48.1 Å². The van der Waals surface area contributed by atoms with Gasteiger partial charge in [-0.3, -0.25) is 4.79 Å². The lowest BCUT2D eigenvalue weighted by Gasteiger charge is -2.31. The molecule has 0 radical (unpaired) electrons. The van der Waals surface area contributed by atoms with E-state index in [1.165, 1.54) is 24.0 Å². The first-order valence-corrected chi connectivity index (χ1v) is 9.58. The zero-order valence-corrected chi connectivity index (χ0v) is 16.1. The van der Waals surface area contributed by atoms with Crippen LogP contribution in [-0.4, -0.2) is 27.6 Å². The molecule has 1 aromatic carbocycles. The van der Waals surface area contributed by atoms with E-state index in [0.29, 0.717) is 12.6 Å². The van der Waals surface area contributed by atoms with E-state index >= 15 is 0 Å². The Bertz CT molecular complexity index is 837. The maximum Gasteiger partial charge on any atom is 0.253 e. The van der Waals surface area contributed by atoms with Gasteiger partial charge >= 0.3 is 0 Å². The lowest BCUT2D eigenvalue weighted by Crippen LogP contribution is -2.45. The minimum absolute atomic E-state index is 0.0157. The second-order valence-electron chi connectivity index (χ2n) is 7.05. The minimum atomic E-state index is -0.0157. The zero-order chi connectivity index (χ0) is 18.0. The van der Waals surface area contributed by atoms with E-state index in [9.17, 15) is 4.79 Å². The summed E-state index contributed by atoms with van der Waals surface area (Å²) < 4.78 is 0. The molecule has 134 valence electrons. The van der Waals surface area contributed by atoms with Crippen LogP contribution in [-0.2, 0) is 6.54 Å². The van der Waals surface area contributed by atoms with Crippen LogP contribution in [0.2, 0.25) is 0 Å². The molecule has 1 aromatic heterocycles. The molecule has 5 heteroatoms. The second-order valence-corrected chi connectivity index (χ2v) is 7.44. The maximum atomic E-state index is 12.6. The van der Waals surface area contributed by atoms with Crippen molar-refractivity contribution in [1.29, 1.82) is 0 Å². The largest absolute Gasteiger partial charge is 0.363 e. The molecule has 0 unspecified atom stereocenters. The molecule has 0 spiro atoms. The van der Waals surface area contributed by atoms with Gasteiger partial charge in [0.1, 0.15) is 0 Å². The van der Waals surface area contributed by atoms with Crippen molar-refractivity contribution in [2.75, 3.05) is 6.54 Å². The highest BCUT2D eigenvalue weighted by Crippen LogP contribution is 2.25. The van der Waals surface area contributed by atoms with E-state index in [2.05, 4.69) is 35.1 Å². The Labute approximate surface area is 154 Å². The van der Waals surface area contributed by atoms with Gasteiger partial charge in [0.15, 0.2) is 5.11 Å². The molecule has 1 aliphatic carbocycles. The van der Waals surface area contributed by atoms with Gasteiger partial charge in [-0.2, -0.15) is 0 Å². The predicted molar refractivity (Wildman–Crippen MR) is 108 cm³/mol. The monoisotopic (exact) mass is 357 g/mol. The Hall–Kier alpha value is -1.88. The van der Waals surface area contributed by atoms with Crippen LogP contribution in [0.3, 0.4) is 0 Å². The summed E-state index contributed by atoms with van der Waals surface area (Å²) in [5.74, 6) is 0. The molecule has 0 atom stereocenters. The Morgan fingerprint density at radius 2 is 1.92 bits per heavy atom. The number of aromatic amines is 1. The van der Waals surface area contributed by atoms with Gasteiger partial charge in [0.05, 0.1) is 6.54 Å². The molecule has 0 aliphatic heterocycles. The van der Waals surface area contributed by atoms with E-state index in [1.807, 2.05) is 19.1 Å². The molecule has 1 heterocycles. The number of benzene rings is 1.